The quantitative estimate of drug-likeness (QED) is 0.592. The highest BCUT2D eigenvalue weighted by Gasteiger charge is 2.13. The zero-order valence-electron chi connectivity index (χ0n) is 12.1. The van der Waals surface area contributed by atoms with Crippen LogP contribution in [-0.2, 0) is 6.54 Å². The van der Waals surface area contributed by atoms with Gasteiger partial charge in [0.15, 0.2) is 0 Å². The third-order valence-corrected chi connectivity index (χ3v) is 3.71. The van der Waals surface area contributed by atoms with Crippen molar-refractivity contribution in [3.8, 4) is 0 Å². The highest BCUT2D eigenvalue weighted by Crippen LogP contribution is 2.22. The molecule has 112 valence electrons. The number of aromatic nitrogens is 2. The molecule has 1 atom stereocenters. The lowest BCUT2D eigenvalue weighted by molar-refractivity contribution is -0.384. The Labute approximate surface area is 127 Å². The van der Waals surface area contributed by atoms with Crippen LogP contribution in [0.25, 0.3) is 10.9 Å². The smallest absolute Gasteiger partial charge is 0.271 e. The average molecular weight is 296 g/mol. The van der Waals surface area contributed by atoms with Crippen LogP contribution >= 0.6 is 0 Å². The second-order valence-electron chi connectivity index (χ2n) is 5.34. The number of nitrogens with two attached hydrogens (primary N) is 1. The van der Waals surface area contributed by atoms with Crippen LogP contribution < -0.4 is 5.73 Å². The van der Waals surface area contributed by atoms with Crippen molar-refractivity contribution in [2.45, 2.75) is 19.5 Å². The third kappa shape index (κ3) is 2.68. The molecule has 1 aromatic heterocycles. The van der Waals surface area contributed by atoms with Gasteiger partial charge in [-0.2, -0.15) is 5.10 Å². The molecule has 0 aliphatic heterocycles. The topological polar surface area (TPSA) is 87.0 Å². The summed E-state index contributed by atoms with van der Waals surface area (Å²) in [5.74, 6) is 0. The summed E-state index contributed by atoms with van der Waals surface area (Å²) in [6, 6.07) is 12.5. The molecule has 0 radical (unpaired) electrons. The fourth-order valence-electron chi connectivity index (χ4n) is 2.42. The van der Waals surface area contributed by atoms with Gasteiger partial charge in [0.2, 0.25) is 0 Å². The summed E-state index contributed by atoms with van der Waals surface area (Å²) < 4.78 is 1.72. The van der Waals surface area contributed by atoms with Gasteiger partial charge in [0, 0.05) is 23.6 Å². The van der Waals surface area contributed by atoms with E-state index in [1.165, 1.54) is 17.7 Å². The molecule has 0 bridgehead atoms. The maximum absolute atomic E-state index is 10.9. The predicted octanol–water partition coefficient (Wildman–Crippen LogP) is 2.95. The Bertz CT molecular complexity index is 824. The van der Waals surface area contributed by atoms with Crippen LogP contribution in [-0.4, -0.2) is 14.7 Å². The van der Waals surface area contributed by atoms with Crippen LogP contribution in [0.1, 0.15) is 17.2 Å². The maximum Gasteiger partial charge on any atom is 0.271 e. The molecule has 0 saturated carbocycles. The number of benzene rings is 2. The summed E-state index contributed by atoms with van der Waals surface area (Å²) in [4.78, 5) is 10.5. The zero-order valence-corrected chi connectivity index (χ0v) is 12.1. The number of aryl methyl sites for hydroxylation is 1. The first kappa shape index (κ1) is 14.2. The monoisotopic (exact) mass is 296 g/mol. The minimum absolute atomic E-state index is 0.0538. The Balaban J connectivity index is 1.91. The summed E-state index contributed by atoms with van der Waals surface area (Å²) in [6.45, 7) is 2.49. The Hall–Kier alpha value is -2.73. The summed E-state index contributed by atoms with van der Waals surface area (Å²) in [5.41, 5.74) is 9.19. The minimum Gasteiger partial charge on any atom is -0.322 e. The number of nitro benzene ring substituents is 1. The first-order chi connectivity index (χ1) is 10.5. The number of fused-ring (bicyclic) bond motifs is 1. The van der Waals surface area contributed by atoms with Crippen LogP contribution in [0.2, 0.25) is 0 Å². The van der Waals surface area contributed by atoms with Gasteiger partial charge in [-0.25, -0.2) is 0 Å². The zero-order chi connectivity index (χ0) is 15.7. The van der Waals surface area contributed by atoms with Crippen molar-refractivity contribution in [3.05, 3.63) is 69.9 Å². The molecule has 0 aliphatic carbocycles. The van der Waals surface area contributed by atoms with Crippen LogP contribution in [0.3, 0.4) is 0 Å². The Morgan fingerprint density at radius 1 is 1.27 bits per heavy atom. The second-order valence-corrected chi connectivity index (χ2v) is 5.34. The standard InChI is InChI=1S/C16H16N4O2/c1-11-2-4-12(5-3-11)15(17)10-19-16-8-14(20(21)22)7-6-13(16)9-18-19/h2-9,15H,10,17H2,1H3. The van der Waals surface area contributed by atoms with E-state index in [4.69, 9.17) is 5.73 Å². The minimum atomic E-state index is -0.406. The lowest BCUT2D eigenvalue weighted by atomic mass is 10.1. The molecule has 0 amide bonds. The lowest BCUT2D eigenvalue weighted by Crippen LogP contribution is -2.18. The summed E-state index contributed by atoms with van der Waals surface area (Å²) in [7, 11) is 0. The molecule has 3 rings (SSSR count). The molecule has 2 N–H and O–H groups in total. The van der Waals surface area contributed by atoms with E-state index < -0.39 is 4.92 Å². The third-order valence-electron chi connectivity index (χ3n) is 3.71. The van der Waals surface area contributed by atoms with E-state index >= 15 is 0 Å². The molecule has 6 nitrogen and oxygen atoms in total. The number of non-ortho nitro benzene ring substituents is 1. The molecule has 0 fully saturated rings. The molecule has 6 heteroatoms. The Kier molecular flexibility index (Phi) is 3.60. The Morgan fingerprint density at radius 3 is 2.68 bits per heavy atom. The van der Waals surface area contributed by atoms with Crippen LogP contribution in [0.5, 0.6) is 0 Å². The molecule has 0 aliphatic rings. The average Bonchev–Trinajstić information content (AvgIpc) is 2.90. The molecule has 2 aromatic carbocycles. The van der Waals surface area contributed by atoms with Crippen molar-refractivity contribution >= 4 is 16.6 Å². The van der Waals surface area contributed by atoms with E-state index in [1.54, 1.807) is 16.9 Å². The van der Waals surface area contributed by atoms with Crippen molar-refractivity contribution in [3.63, 3.8) is 0 Å². The molecule has 1 unspecified atom stereocenters. The fourth-order valence-corrected chi connectivity index (χ4v) is 2.42. The first-order valence-corrected chi connectivity index (χ1v) is 6.97. The van der Waals surface area contributed by atoms with E-state index in [9.17, 15) is 10.1 Å². The number of hydrogen-bond donors (Lipinski definition) is 1. The van der Waals surface area contributed by atoms with Crippen LogP contribution in [0.4, 0.5) is 5.69 Å². The Morgan fingerprint density at radius 2 is 2.00 bits per heavy atom. The number of nitrogens with zero attached hydrogens (tertiary/aromatic N) is 3. The van der Waals surface area contributed by atoms with Crippen molar-refractivity contribution in [1.82, 2.24) is 9.78 Å². The second kappa shape index (κ2) is 5.57. The van der Waals surface area contributed by atoms with Gasteiger partial charge in [0.1, 0.15) is 0 Å². The van der Waals surface area contributed by atoms with Crippen molar-refractivity contribution in [1.29, 1.82) is 0 Å². The van der Waals surface area contributed by atoms with Gasteiger partial charge in [-0.3, -0.25) is 14.8 Å². The summed E-state index contributed by atoms with van der Waals surface area (Å²) in [5, 5.41) is 16.1. The molecule has 3 aromatic rings. The highest BCUT2D eigenvalue weighted by molar-refractivity contribution is 5.81. The lowest BCUT2D eigenvalue weighted by Gasteiger charge is -2.13. The van der Waals surface area contributed by atoms with Gasteiger partial charge in [0.05, 0.1) is 23.2 Å². The predicted molar refractivity (Wildman–Crippen MR) is 84.5 cm³/mol. The fraction of sp³-hybridized carbons (Fsp3) is 0.188. The van der Waals surface area contributed by atoms with Gasteiger partial charge in [-0.05, 0) is 18.6 Å². The molecule has 0 saturated heterocycles. The van der Waals surface area contributed by atoms with Crippen LogP contribution in [0, 0.1) is 17.0 Å². The highest BCUT2D eigenvalue weighted by atomic mass is 16.6. The number of hydrogen-bond acceptors (Lipinski definition) is 4. The molecular weight excluding hydrogens is 280 g/mol. The van der Waals surface area contributed by atoms with E-state index in [2.05, 4.69) is 5.10 Å². The SMILES string of the molecule is Cc1ccc(C(N)Cn2ncc3ccc([N+](=O)[O-])cc32)cc1. The van der Waals surface area contributed by atoms with Crippen molar-refractivity contribution in [2.75, 3.05) is 0 Å². The normalized spacial score (nSPS) is 12.5. The van der Waals surface area contributed by atoms with E-state index in [-0.39, 0.29) is 11.7 Å². The molecular formula is C16H16N4O2. The maximum atomic E-state index is 10.9. The molecule has 22 heavy (non-hydrogen) atoms. The summed E-state index contributed by atoms with van der Waals surface area (Å²) in [6.07, 6.45) is 1.70. The van der Waals surface area contributed by atoms with Gasteiger partial charge in [-0.15, -0.1) is 0 Å². The number of nitro groups is 1. The van der Waals surface area contributed by atoms with Crippen molar-refractivity contribution < 1.29 is 4.92 Å². The molecule has 1 heterocycles. The van der Waals surface area contributed by atoms with Crippen LogP contribution in [0.15, 0.2) is 48.7 Å². The largest absolute Gasteiger partial charge is 0.322 e. The van der Waals surface area contributed by atoms with Gasteiger partial charge < -0.3 is 5.73 Å². The summed E-state index contributed by atoms with van der Waals surface area (Å²) >= 11 is 0. The van der Waals surface area contributed by atoms with Crippen molar-refractivity contribution in [2.24, 2.45) is 5.73 Å². The van der Waals surface area contributed by atoms with Gasteiger partial charge >= 0.3 is 0 Å². The first-order valence-electron chi connectivity index (χ1n) is 6.97. The van der Waals surface area contributed by atoms with Gasteiger partial charge in [0.25, 0.3) is 5.69 Å². The van der Waals surface area contributed by atoms with E-state index in [1.807, 2.05) is 31.2 Å². The molecule has 0 spiro atoms. The van der Waals surface area contributed by atoms with E-state index in [0.29, 0.717) is 6.54 Å². The van der Waals surface area contributed by atoms with E-state index in [0.717, 1.165) is 16.5 Å². The van der Waals surface area contributed by atoms with Gasteiger partial charge in [-0.1, -0.05) is 29.8 Å². The number of rotatable bonds is 4.